The number of anilines is 1. The molecule has 0 atom stereocenters. The zero-order valence-corrected chi connectivity index (χ0v) is 14.0. The Morgan fingerprint density at radius 3 is 2.56 bits per heavy atom. The third-order valence-electron chi connectivity index (χ3n) is 4.75. The number of aliphatic hydroxyl groups is 1. The number of benzene rings is 1. The highest BCUT2D eigenvalue weighted by molar-refractivity contribution is 5.84. The minimum atomic E-state index is -0.328. The summed E-state index contributed by atoms with van der Waals surface area (Å²) in [4.78, 5) is 14.8. The molecule has 5 heteroatoms. The average Bonchev–Trinajstić information content (AvgIpc) is 3.16. The minimum Gasteiger partial charge on any atom is -0.422 e. The molecule has 5 nitrogen and oxygen atoms in total. The molecule has 0 amide bonds. The molecular formula is C20H21N2O3+. The summed E-state index contributed by atoms with van der Waals surface area (Å²) in [7, 11) is 0. The molecule has 1 aromatic carbocycles. The van der Waals surface area contributed by atoms with Crippen LogP contribution in [0.5, 0.6) is 0 Å². The predicted molar refractivity (Wildman–Crippen MR) is 96.6 cm³/mol. The van der Waals surface area contributed by atoms with Crippen molar-refractivity contribution in [1.29, 1.82) is 0 Å². The minimum absolute atomic E-state index is 0.0848. The Balaban J connectivity index is 1.71. The Bertz CT molecular complexity index is 941. The monoisotopic (exact) mass is 337 g/mol. The maximum Gasteiger partial charge on any atom is 0.344 e. The number of aliphatic hydroxyl groups excluding tert-OH is 1. The van der Waals surface area contributed by atoms with Gasteiger partial charge in [0.15, 0.2) is 18.9 Å². The first-order chi connectivity index (χ1) is 12.2. The number of pyridine rings is 1. The van der Waals surface area contributed by atoms with Crippen LogP contribution in [0.2, 0.25) is 0 Å². The van der Waals surface area contributed by atoms with Gasteiger partial charge in [0.1, 0.15) is 12.2 Å². The highest BCUT2D eigenvalue weighted by Crippen LogP contribution is 2.26. The smallest absolute Gasteiger partial charge is 0.344 e. The van der Waals surface area contributed by atoms with E-state index in [4.69, 9.17) is 9.52 Å². The maximum absolute atomic E-state index is 12.4. The standard InChI is InChI=1S/C20H21N2O3/c23-12-11-21-9-5-15(6-10-21)18-13-16-3-4-17(22-7-1-2-8-22)14-19(16)25-20(18)24/h3-6,9-10,13-14,23H,1-2,7-8,11-12H2/q+1. The SMILES string of the molecule is O=c1oc2cc(N3CCCC3)ccc2cc1-c1cc[n+](CCO)cc1. The molecule has 1 aliphatic rings. The van der Waals surface area contributed by atoms with Crippen LogP contribution in [-0.4, -0.2) is 24.8 Å². The second-order valence-electron chi connectivity index (χ2n) is 6.41. The molecule has 25 heavy (non-hydrogen) atoms. The number of hydrogen-bond acceptors (Lipinski definition) is 4. The van der Waals surface area contributed by atoms with E-state index in [0.717, 1.165) is 29.7 Å². The van der Waals surface area contributed by atoms with E-state index >= 15 is 0 Å². The van der Waals surface area contributed by atoms with Gasteiger partial charge in [0.05, 0.1) is 5.56 Å². The van der Waals surface area contributed by atoms with E-state index in [0.29, 0.717) is 17.7 Å². The van der Waals surface area contributed by atoms with E-state index < -0.39 is 0 Å². The molecule has 3 aromatic rings. The second-order valence-corrected chi connectivity index (χ2v) is 6.41. The highest BCUT2D eigenvalue weighted by atomic mass is 16.4. The summed E-state index contributed by atoms with van der Waals surface area (Å²) in [5.41, 5.74) is 2.78. The van der Waals surface area contributed by atoms with Crippen molar-refractivity contribution < 1.29 is 14.1 Å². The van der Waals surface area contributed by atoms with Crippen LogP contribution in [0.4, 0.5) is 5.69 Å². The van der Waals surface area contributed by atoms with Crippen molar-refractivity contribution in [2.24, 2.45) is 0 Å². The largest absolute Gasteiger partial charge is 0.422 e. The van der Waals surface area contributed by atoms with Gasteiger partial charge in [-0.15, -0.1) is 0 Å². The summed E-state index contributed by atoms with van der Waals surface area (Å²) in [5.74, 6) is 0. The fourth-order valence-electron chi connectivity index (χ4n) is 3.37. The molecule has 1 N–H and O–H groups in total. The van der Waals surface area contributed by atoms with Crippen LogP contribution in [-0.2, 0) is 6.54 Å². The Labute approximate surface area is 145 Å². The molecule has 0 aliphatic carbocycles. The van der Waals surface area contributed by atoms with Gasteiger partial charge in [0.25, 0.3) is 0 Å². The second kappa shape index (κ2) is 6.69. The van der Waals surface area contributed by atoms with E-state index in [9.17, 15) is 4.79 Å². The van der Waals surface area contributed by atoms with Gasteiger partial charge in [-0.25, -0.2) is 9.36 Å². The molecule has 1 aliphatic heterocycles. The fraction of sp³-hybridized carbons (Fsp3) is 0.300. The van der Waals surface area contributed by atoms with E-state index in [-0.39, 0.29) is 12.2 Å². The van der Waals surface area contributed by atoms with Gasteiger partial charge >= 0.3 is 5.63 Å². The molecule has 1 saturated heterocycles. The van der Waals surface area contributed by atoms with Gasteiger partial charge in [0, 0.05) is 47.9 Å². The first-order valence-corrected chi connectivity index (χ1v) is 8.68. The van der Waals surface area contributed by atoms with Gasteiger partial charge in [-0.1, -0.05) is 0 Å². The third-order valence-corrected chi connectivity index (χ3v) is 4.75. The Morgan fingerprint density at radius 2 is 1.84 bits per heavy atom. The van der Waals surface area contributed by atoms with Crippen LogP contribution in [0.3, 0.4) is 0 Å². The van der Waals surface area contributed by atoms with Gasteiger partial charge < -0.3 is 14.4 Å². The number of nitrogens with zero attached hydrogens (tertiary/aromatic N) is 2. The quantitative estimate of drug-likeness (QED) is 0.586. The summed E-state index contributed by atoms with van der Waals surface area (Å²) in [6.07, 6.45) is 6.13. The third kappa shape index (κ3) is 3.15. The molecule has 1 fully saturated rings. The number of rotatable bonds is 4. The summed E-state index contributed by atoms with van der Waals surface area (Å²) in [5, 5.41) is 9.90. The predicted octanol–water partition coefficient (Wildman–Crippen LogP) is 2.34. The molecular weight excluding hydrogens is 316 g/mol. The molecule has 0 saturated carbocycles. The lowest BCUT2D eigenvalue weighted by Gasteiger charge is -2.17. The Morgan fingerprint density at radius 1 is 1.08 bits per heavy atom. The average molecular weight is 337 g/mol. The van der Waals surface area contributed by atoms with Crippen LogP contribution in [0, 0.1) is 0 Å². The Hall–Kier alpha value is -2.66. The lowest BCUT2D eigenvalue weighted by Crippen LogP contribution is -2.34. The van der Waals surface area contributed by atoms with Crippen molar-refractivity contribution in [3.8, 4) is 11.1 Å². The van der Waals surface area contributed by atoms with Crippen LogP contribution < -0.4 is 15.1 Å². The van der Waals surface area contributed by atoms with Crippen molar-refractivity contribution in [1.82, 2.24) is 0 Å². The van der Waals surface area contributed by atoms with Gasteiger partial charge in [-0.05, 0) is 31.0 Å². The first-order valence-electron chi connectivity index (χ1n) is 8.68. The van der Waals surface area contributed by atoms with Crippen LogP contribution >= 0.6 is 0 Å². The van der Waals surface area contributed by atoms with Crippen LogP contribution in [0.1, 0.15) is 12.8 Å². The maximum atomic E-state index is 12.4. The van der Waals surface area contributed by atoms with Crippen molar-refractivity contribution in [2.75, 3.05) is 24.6 Å². The lowest BCUT2D eigenvalue weighted by molar-refractivity contribution is -0.698. The molecule has 0 bridgehead atoms. The summed E-state index contributed by atoms with van der Waals surface area (Å²) in [6.45, 7) is 2.74. The number of hydrogen-bond donors (Lipinski definition) is 1. The molecule has 3 heterocycles. The van der Waals surface area contributed by atoms with E-state index in [1.54, 1.807) is 0 Å². The normalized spacial score (nSPS) is 14.4. The molecule has 4 rings (SSSR count). The molecule has 0 unspecified atom stereocenters. The van der Waals surface area contributed by atoms with Gasteiger partial charge in [0.2, 0.25) is 0 Å². The zero-order valence-electron chi connectivity index (χ0n) is 14.0. The van der Waals surface area contributed by atoms with Crippen LogP contribution in [0.15, 0.2) is 58.0 Å². The molecule has 2 aromatic heterocycles. The summed E-state index contributed by atoms with van der Waals surface area (Å²) in [6, 6.07) is 11.7. The zero-order chi connectivity index (χ0) is 17.2. The van der Waals surface area contributed by atoms with Crippen molar-refractivity contribution >= 4 is 16.7 Å². The molecule has 0 spiro atoms. The van der Waals surface area contributed by atoms with E-state index in [1.165, 1.54) is 12.8 Å². The fourth-order valence-corrected chi connectivity index (χ4v) is 3.37. The van der Waals surface area contributed by atoms with Gasteiger partial charge in [-0.3, -0.25) is 0 Å². The van der Waals surface area contributed by atoms with Crippen molar-refractivity contribution in [3.63, 3.8) is 0 Å². The van der Waals surface area contributed by atoms with Gasteiger partial charge in [-0.2, -0.15) is 0 Å². The first kappa shape index (κ1) is 15.8. The van der Waals surface area contributed by atoms with E-state index in [1.807, 2.05) is 47.3 Å². The number of fused-ring (bicyclic) bond motifs is 1. The van der Waals surface area contributed by atoms with Crippen molar-refractivity contribution in [2.45, 2.75) is 19.4 Å². The summed E-state index contributed by atoms with van der Waals surface area (Å²) < 4.78 is 7.47. The molecule has 128 valence electrons. The topological polar surface area (TPSA) is 57.6 Å². The lowest BCUT2D eigenvalue weighted by atomic mass is 10.1. The highest BCUT2D eigenvalue weighted by Gasteiger charge is 2.14. The molecule has 0 radical (unpaired) electrons. The Kier molecular flexibility index (Phi) is 4.24. The van der Waals surface area contributed by atoms with Crippen LogP contribution in [0.25, 0.3) is 22.1 Å². The van der Waals surface area contributed by atoms with E-state index in [2.05, 4.69) is 11.0 Å². The number of aromatic nitrogens is 1. The van der Waals surface area contributed by atoms with Crippen molar-refractivity contribution in [3.05, 3.63) is 59.2 Å². The summed E-state index contributed by atoms with van der Waals surface area (Å²) >= 11 is 0.